The highest BCUT2D eigenvalue weighted by Gasteiger charge is 2.44. The van der Waals surface area contributed by atoms with E-state index in [0.29, 0.717) is 0 Å². The molecule has 0 spiro atoms. The second kappa shape index (κ2) is 5.81. The SMILES string of the molecule is OC[C@H]1O[C@H](Oc2ccc(O)c(O)c2)[C@H](O)[C@@H](O)[C@@H]1O. The molecule has 1 aromatic carbocycles. The number of rotatable bonds is 3. The molecule has 5 atom stereocenters. The molecular formula is C12H16O8. The van der Waals surface area contributed by atoms with Crippen LogP contribution in [0.5, 0.6) is 17.2 Å². The van der Waals surface area contributed by atoms with Gasteiger partial charge in [-0.3, -0.25) is 0 Å². The summed E-state index contributed by atoms with van der Waals surface area (Å²) in [5.74, 6) is -0.692. The molecule has 0 radical (unpaired) electrons. The Kier molecular flexibility index (Phi) is 4.31. The quantitative estimate of drug-likeness (QED) is 0.361. The Morgan fingerprint density at radius 3 is 2.30 bits per heavy atom. The minimum Gasteiger partial charge on any atom is -0.504 e. The number of benzene rings is 1. The van der Waals surface area contributed by atoms with E-state index < -0.39 is 43.1 Å². The summed E-state index contributed by atoms with van der Waals surface area (Å²) in [7, 11) is 0. The maximum absolute atomic E-state index is 9.75. The summed E-state index contributed by atoms with van der Waals surface area (Å²) in [5, 5.41) is 56.5. The van der Waals surface area contributed by atoms with Gasteiger partial charge in [-0.2, -0.15) is 0 Å². The number of hydrogen-bond acceptors (Lipinski definition) is 8. The lowest BCUT2D eigenvalue weighted by molar-refractivity contribution is -0.277. The van der Waals surface area contributed by atoms with Gasteiger partial charge in [0.05, 0.1) is 6.61 Å². The van der Waals surface area contributed by atoms with Crippen molar-refractivity contribution in [2.24, 2.45) is 0 Å². The van der Waals surface area contributed by atoms with E-state index in [1.165, 1.54) is 12.1 Å². The maximum Gasteiger partial charge on any atom is 0.229 e. The first-order valence-corrected chi connectivity index (χ1v) is 5.93. The predicted molar refractivity (Wildman–Crippen MR) is 64.2 cm³/mol. The smallest absolute Gasteiger partial charge is 0.229 e. The summed E-state index contributed by atoms with van der Waals surface area (Å²) >= 11 is 0. The Labute approximate surface area is 114 Å². The van der Waals surface area contributed by atoms with Crippen molar-refractivity contribution < 1.29 is 40.1 Å². The lowest BCUT2D eigenvalue weighted by Gasteiger charge is -2.39. The van der Waals surface area contributed by atoms with Crippen LogP contribution in [0.25, 0.3) is 0 Å². The van der Waals surface area contributed by atoms with Crippen LogP contribution in [0.15, 0.2) is 18.2 Å². The summed E-state index contributed by atoms with van der Waals surface area (Å²) in [5.41, 5.74) is 0. The number of ether oxygens (including phenoxy) is 2. The Bertz CT molecular complexity index is 463. The number of aliphatic hydroxyl groups is 4. The topological polar surface area (TPSA) is 140 Å². The number of hydrogen-bond donors (Lipinski definition) is 6. The third kappa shape index (κ3) is 2.79. The van der Waals surface area contributed by atoms with Crippen molar-refractivity contribution in [1.29, 1.82) is 0 Å². The molecule has 1 fully saturated rings. The van der Waals surface area contributed by atoms with E-state index in [0.717, 1.165) is 6.07 Å². The van der Waals surface area contributed by atoms with Gasteiger partial charge in [0.25, 0.3) is 0 Å². The summed E-state index contributed by atoms with van der Waals surface area (Å²) in [6, 6.07) is 3.59. The van der Waals surface area contributed by atoms with Gasteiger partial charge in [0.1, 0.15) is 30.2 Å². The van der Waals surface area contributed by atoms with Crippen LogP contribution in [0, 0.1) is 0 Å². The second-order valence-electron chi connectivity index (χ2n) is 4.47. The first-order valence-electron chi connectivity index (χ1n) is 5.93. The van der Waals surface area contributed by atoms with E-state index in [1.54, 1.807) is 0 Å². The lowest BCUT2D eigenvalue weighted by Crippen LogP contribution is -2.60. The standard InChI is InChI=1S/C12H16O8/c13-4-8-9(16)10(17)11(18)12(20-8)19-5-1-2-6(14)7(15)3-5/h1-3,8-18H,4H2/t8-,9-,10+,11-,12+/m1/s1. The van der Waals surface area contributed by atoms with Crippen LogP contribution < -0.4 is 4.74 Å². The lowest BCUT2D eigenvalue weighted by atomic mass is 9.99. The molecule has 0 aromatic heterocycles. The van der Waals surface area contributed by atoms with Gasteiger partial charge in [0, 0.05) is 6.07 Å². The molecule has 0 saturated carbocycles. The minimum absolute atomic E-state index is 0.0737. The highest BCUT2D eigenvalue weighted by molar-refractivity contribution is 5.43. The zero-order valence-corrected chi connectivity index (χ0v) is 10.3. The van der Waals surface area contributed by atoms with E-state index in [2.05, 4.69) is 0 Å². The third-order valence-corrected chi connectivity index (χ3v) is 3.05. The van der Waals surface area contributed by atoms with Crippen LogP contribution >= 0.6 is 0 Å². The summed E-state index contributed by atoms with van der Waals surface area (Å²) in [6.07, 6.45) is -6.97. The first-order chi connectivity index (χ1) is 9.43. The molecule has 0 aliphatic carbocycles. The molecule has 1 heterocycles. The number of phenols is 2. The van der Waals surface area contributed by atoms with Crippen LogP contribution in [-0.4, -0.2) is 68.0 Å². The van der Waals surface area contributed by atoms with Crippen molar-refractivity contribution in [1.82, 2.24) is 0 Å². The van der Waals surface area contributed by atoms with Crippen molar-refractivity contribution in [2.45, 2.75) is 30.7 Å². The van der Waals surface area contributed by atoms with Crippen molar-refractivity contribution in [3.63, 3.8) is 0 Å². The molecule has 0 bridgehead atoms. The molecule has 0 unspecified atom stereocenters. The fourth-order valence-electron chi connectivity index (χ4n) is 1.88. The molecule has 2 rings (SSSR count). The summed E-state index contributed by atoms with van der Waals surface area (Å²) < 4.78 is 10.4. The van der Waals surface area contributed by atoms with Crippen molar-refractivity contribution in [3.8, 4) is 17.2 Å². The van der Waals surface area contributed by atoms with E-state index in [4.69, 9.17) is 19.7 Å². The van der Waals surface area contributed by atoms with E-state index in [-0.39, 0.29) is 11.5 Å². The molecule has 1 aliphatic rings. The largest absolute Gasteiger partial charge is 0.504 e. The molecule has 20 heavy (non-hydrogen) atoms. The van der Waals surface area contributed by atoms with E-state index in [9.17, 15) is 20.4 Å². The Hall–Kier alpha value is -1.58. The Morgan fingerprint density at radius 1 is 1.00 bits per heavy atom. The van der Waals surface area contributed by atoms with Gasteiger partial charge in [-0.1, -0.05) is 0 Å². The third-order valence-electron chi connectivity index (χ3n) is 3.05. The van der Waals surface area contributed by atoms with Crippen LogP contribution in [0.3, 0.4) is 0 Å². The van der Waals surface area contributed by atoms with Gasteiger partial charge < -0.3 is 40.1 Å². The van der Waals surface area contributed by atoms with Crippen LogP contribution in [0.4, 0.5) is 0 Å². The van der Waals surface area contributed by atoms with Crippen molar-refractivity contribution in [2.75, 3.05) is 6.61 Å². The highest BCUT2D eigenvalue weighted by Crippen LogP contribution is 2.31. The van der Waals surface area contributed by atoms with Crippen molar-refractivity contribution >= 4 is 0 Å². The van der Waals surface area contributed by atoms with Gasteiger partial charge in [-0.15, -0.1) is 0 Å². The normalized spacial score (nSPS) is 33.9. The Morgan fingerprint density at radius 2 is 1.70 bits per heavy atom. The number of aromatic hydroxyl groups is 2. The molecule has 1 saturated heterocycles. The zero-order valence-electron chi connectivity index (χ0n) is 10.3. The molecule has 112 valence electrons. The van der Waals surface area contributed by atoms with E-state index >= 15 is 0 Å². The molecule has 6 N–H and O–H groups in total. The van der Waals surface area contributed by atoms with Crippen molar-refractivity contribution in [3.05, 3.63) is 18.2 Å². The predicted octanol–water partition coefficient (Wildman–Crippen LogP) is -1.72. The molecule has 8 heteroatoms. The number of aliphatic hydroxyl groups excluding tert-OH is 4. The van der Waals surface area contributed by atoms with Gasteiger partial charge in [-0.25, -0.2) is 0 Å². The summed E-state index contributed by atoms with van der Waals surface area (Å²) in [6.45, 7) is -0.564. The molecule has 1 aliphatic heterocycles. The van der Waals surface area contributed by atoms with Crippen LogP contribution in [0.2, 0.25) is 0 Å². The van der Waals surface area contributed by atoms with Gasteiger partial charge >= 0.3 is 0 Å². The molecule has 0 amide bonds. The fourth-order valence-corrected chi connectivity index (χ4v) is 1.88. The van der Waals surface area contributed by atoms with Gasteiger partial charge in [0.2, 0.25) is 6.29 Å². The maximum atomic E-state index is 9.75. The molecular weight excluding hydrogens is 272 g/mol. The molecule has 8 nitrogen and oxygen atoms in total. The fraction of sp³-hybridized carbons (Fsp3) is 0.500. The second-order valence-corrected chi connectivity index (χ2v) is 4.47. The van der Waals surface area contributed by atoms with Crippen LogP contribution in [0.1, 0.15) is 0 Å². The monoisotopic (exact) mass is 288 g/mol. The van der Waals surface area contributed by atoms with E-state index in [1.807, 2.05) is 0 Å². The Balaban J connectivity index is 2.13. The first kappa shape index (κ1) is 14.8. The van der Waals surface area contributed by atoms with Gasteiger partial charge in [-0.05, 0) is 12.1 Å². The average Bonchev–Trinajstić information content (AvgIpc) is 2.43. The average molecular weight is 288 g/mol. The minimum atomic E-state index is -1.54. The molecule has 1 aromatic rings. The van der Waals surface area contributed by atoms with Crippen LogP contribution in [-0.2, 0) is 4.74 Å². The van der Waals surface area contributed by atoms with Gasteiger partial charge in [0.15, 0.2) is 11.5 Å². The highest BCUT2D eigenvalue weighted by atomic mass is 16.7. The number of phenolic OH excluding ortho intramolecular Hbond substituents is 2. The zero-order chi connectivity index (χ0) is 14.9. The summed E-state index contributed by atoms with van der Waals surface area (Å²) in [4.78, 5) is 0.